The Hall–Kier alpha value is -1.94. The van der Waals surface area contributed by atoms with Gasteiger partial charge >= 0.3 is 0 Å². The van der Waals surface area contributed by atoms with Crippen LogP contribution in [0.15, 0.2) is 41.0 Å². The Morgan fingerprint density at radius 2 is 2.24 bits per heavy atom. The highest BCUT2D eigenvalue weighted by atomic mass is 35.5. The summed E-state index contributed by atoms with van der Waals surface area (Å²) in [7, 11) is 0. The summed E-state index contributed by atoms with van der Waals surface area (Å²) in [4.78, 5) is 11.6. The largest absolute Gasteiger partial charge is 0.493 e. The van der Waals surface area contributed by atoms with E-state index >= 15 is 0 Å². The first-order valence-electron chi connectivity index (χ1n) is 6.83. The molecule has 0 radical (unpaired) electrons. The number of carbonyl (C=O) groups excluding carboxylic acids is 1. The highest BCUT2D eigenvalue weighted by Crippen LogP contribution is 2.21. The van der Waals surface area contributed by atoms with E-state index in [1.54, 1.807) is 18.4 Å². The number of ether oxygens (including phenoxy) is 1. The second kappa shape index (κ2) is 7.74. The van der Waals surface area contributed by atoms with E-state index in [4.69, 9.17) is 20.8 Å². The molecule has 0 saturated carbocycles. The van der Waals surface area contributed by atoms with Crippen molar-refractivity contribution in [1.82, 2.24) is 5.32 Å². The van der Waals surface area contributed by atoms with E-state index in [1.807, 2.05) is 25.1 Å². The van der Waals surface area contributed by atoms with Crippen LogP contribution in [0.1, 0.15) is 24.2 Å². The molecule has 0 spiro atoms. The van der Waals surface area contributed by atoms with Crippen molar-refractivity contribution in [2.24, 2.45) is 0 Å². The van der Waals surface area contributed by atoms with Crippen molar-refractivity contribution in [3.8, 4) is 5.75 Å². The number of furan rings is 1. The number of hydrogen-bond acceptors (Lipinski definition) is 3. The second-order valence-corrected chi connectivity index (χ2v) is 5.15. The molecule has 4 nitrogen and oxygen atoms in total. The van der Waals surface area contributed by atoms with Crippen LogP contribution in [0.2, 0.25) is 5.02 Å². The Morgan fingerprint density at radius 1 is 1.38 bits per heavy atom. The van der Waals surface area contributed by atoms with E-state index in [-0.39, 0.29) is 5.91 Å². The number of amides is 1. The standard InChI is InChI=1S/C16H18ClNO3/c1-12-10-13(17)6-7-15(12)21-9-3-5-16(19)18-11-14-4-2-8-20-14/h2,4,6-8,10H,3,5,9,11H2,1H3,(H,18,19). The van der Waals surface area contributed by atoms with Gasteiger partial charge in [0.1, 0.15) is 11.5 Å². The number of aryl methyl sites for hydroxylation is 1. The van der Waals surface area contributed by atoms with Gasteiger partial charge < -0.3 is 14.5 Å². The van der Waals surface area contributed by atoms with Gasteiger partial charge in [-0.3, -0.25) is 4.79 Å². The molecule has 21 heavy (non-hydrogen) atoms. The zero-order chi connectivity index (χ0) is 15.1. The van der Waals surface area contributed by atoms with Gasteiger partial charge in [0, 0.05) is 11.4 Å². The number of hydrogen-bond donors (Lipinski definition) is 1. The predicted octanol–water partition coefficient (Wildman–Crippen LogP) is 3.72. The highest BCUT2D eigenvalue weighted by Gasteiger charge is 2.04. The molecule has 0 aliphatic heterocycles. The van der Waals surface area contributed by atoms with Crippen LogP contribution in [-0.4, -0.2) is 12.5 Å². The molecule has 0 fully saturated rings. The smallest absolute Gasteiger partial charge is 0.220 e. The first-order chi connectivity index (χ1) is 10.1. The van der Waals surface area contributed by atoms with Crippen LogP contribution >= 0.6 is 11.6 Å². The molecule has 5 heteroatoms. The molecule has 1 N–H and O–H groups in total. The molecular formula is C16H18ClNO3. The summed E-state index contributed by atoms with van der Waals surface area (Å²) in [5.41, 5.74) is 0.991. The molecule has 112 valence electrons. The maximum Gasteiger partial charge on any atom is 0.220 e. The third kappa shape index (κ3) is 5.16. The molecular weight excluding hydrogens is 290 g/mol. The zero-order valence-corrected chi connectivity index (χ0v) is 12.7. The topological polar surface area (TPSA) is 51.5 Å². The lowest BCUT2D eigenvalue weighted by atomic mass is 10.2. The Balaban J connectivity index is 1.64. The van der Waals surface area contributed by atoms with Gasteiger partial charge in [0.2, 0.25) is 5.91 Å². The highest BCUT2D eigenvalue weighted by molar-refractivity contribution is 6.30. The summed E-state index contributed by atoms with van der Waals surface area (Å²) in [6, 6.07) is 9.11. The molecule has 0 atom stereocenters. The van der Waals surface area contributed by atoms with Crippen molar-refractivity contribution in [2.75, 3.05) is 6.61 Å². The van der Waals surface area contributed by atoms with Gasteiger partial charge in [-0.25, -0.2) is 0 Å². The van der Waals surface area contributed by atoms with E-state index < -0.39 is 0 Å². The Labute approximate surface area is 129 Å². The fourth-order valence-corrected chi connectivity index (χ4v) is 2.10. The molecule has 2 rings (SSSR count). The monoisotopic (exact) mass is 307 g/mol. The summed E-state index contributed by atoms with van der Waals surface area (Å²) in [5, 5.41) is 3.49. The molecule has 1 heterocycles. The van der Waals surface area contributed by atoms with Crippen LogP contribution in [0.4, 0.5) is 0 Å². The van der Waals surface area contributed by atoms with Crippen LogP contribution in [0, 0.1) is 6.92 Å². The minimum Gasteiger partial charge on any atom is -0.493 e. The van der Waals surface area contributed by atoms with Gasteiger partial charge in [0.15, 0.2) is 0 Å². The van der Waals surface area contributed by atoms with Gasteiger partial charge in [0.25, 0.3) is 0 Å². The fraction of sp³-hybridized carbons (Fsp3) is 0.312. The molecule has 0 aliphatic rings. The number of rotatable bonds is 7. The molecule has 0 unspecified atom stereocenters. The van der Waals surface area contributed by atoms with Gasteiger partial charge in [0.05, 0.1) is 19.4 Å². The lowest BCUT2D eigenvalue weighted by Gasteiger charge is -2.09. The number of halogens is 1. The predicted molar refractivity (Wildman–Crippen MR) is 81.5 cm³/mol. The van der Waals surface area contributed by atoms with E-state index in [1.165, 1.54) is 0 Å². The summed E-state index contributed by atoms with van der Waals surface area (Å²) >= 11 is 5.88. The molecule has 1 amide bonds. The van der Waals surface area contributed by atoms with Gasteiger partial charge in [-0.05, 0) is 49.2 Å². The van der Waals surface area contributed by atoms with Crippen molar-refractivity contribution in [1.29, 1.82) is 0 Å². The van der Waals surface area contributed by atoms with Crippen molar-refractivity contribution in [3.63, 3.8) is 0 Å². The Bertz CT molecular complexity index is 581. The van der Waals surface area contributed by atoms with Crippen LogP contribution < -0.4 is 10.1 Å². The number of benzene rings is 1. The van der Waals surface area contributed by atoms with Crippen LogP contribution in [0.5, 0.6) is 5.75 Å². The zero-order valence-electron chi connectivity index (χ0n) is 11.9. The van der Waals surface area contributed by atoms with E-state index in [2.05, 4.69) is 5.32 Å². The van der Waals surface area contributed by atoms with Crippen molar-refractivity contribution in [3.05, 3.63) is 52.9 Å². The lowest BCUT2D eigenvalue weighted by Crippen LogP contribution is -2.22. The fourth-order valence-electron chi connectivity index (χ4n) is 1.88. The SMILES string of the molecule is Cc1cc(Cl)ccc1OCCCC(=O)NCc1ccco1. The molecule has 1 aromatic heterocycles. The van der Waals surface area contributed by atoms with Gasteiger partial charge in [-0.15, -0.1) is 0 Å². The van der Waals surface area contributed by atoms with Crippen molar-refractivity contribution in [2.45, 2.75) is 26.3 Å². The first kappa shape index (κ1) is 15.4. The van der Waals surface area contributed by atoms with Gasteiger partial charge in [-0.1, -0.05) is 11.6 Å². The van der Waals surface area contributed by atoms with E-state index in [0.29, 0.717) is 31.0 Å². The summed E-state index contributed by atoms with van der Waals surface area (Å²) in [5.74, 6) is 1.54. The molecule has 2 aromatic rings. The molecule has 0 saturated heterocycles. The second-order valence-electron chi connectivity index (χ2n) is 4.72. The van der Waals surface area contributed by atoms with E-state index in [0.717, 1.165) is 17.1 Å². The third-order valence-electron chi connectivity index (χ3n) is 2.98. The third-order valence-corrected chi connectivity index (χ3v) is 3.22. The Kier molecular flexibility index (Phi) is 5.69. The quantitative estimate of drug-likeness (QED) is 0.793. The average Bonchev–Trinajstić information content (AvgIpc) is 2.96. The van der Waals surface area contributed by atoms with Crippen LogP contribution in [-0.2, 0) is 11.3 Å². The van der Waals surface area contributed by atoms with Crippen molar-refractivity contribution < 1.29 is 13.9 Å². The average molecular weight is 308 g/mol. The number of carbonyl (C=O) groups is 1. The maximum absolute atomic E-state index is 11.6. The van der Waals surface area contributed by atoms with Crippen LogP contribution in [0.3, 0.4) is 0 Å². The normalized spacial score (nSPS) is 10.4. The summed E-state index contributed by atoms with van der Waals surface area (Å²) in [6.45, 7) is 2.86. The minimum atomic E-state index is -0.0113. The van der Waals surface area contributed by atoms with Gasteiger partial charge in [-0.2, -0.15) is 0 Å². The van der Waals surface area contributed by atoms with Crippen LogP contribution in [0.25, 0.3) is 0 Å². The maximum atomic E-state index is 11.6. The summed E-state index contributed by atoms with van der Waals surface area (Å²) < 4.78 is 10.8. The Morgan fingerprint density at radius 3 is 2.95 bits per heavy atom. The summed E-state index contributed by atoms with van der Waals surface area (Å²) in [6.07, 6.45) is 2.67. The minimum absolute atomic E-state index is 0.0113. The van der Waals surface area contributed by atoms with Crippen molar-refractivity contribution >= 4 is 17.5 Å². The molecule has 0 bridgehead atoms. The molecule has 0 aliphatic carbocycles. The van der Waals surface area contributed by atoms with E-state index in [9.17, 15) is 4.79 Å². The molecule has 1 aromatic carbocycles. The lowest BCUT2D eigenvalue weighted by molar-refractivity contribution is -0.121. The first-order valence-corrected chi connectivity index (χ1v) is 7.21. The number of nitrogens with one attached hydrogen (secondary N) is 1.